The number of morpholine rings is 1. The second-order valence-electron chi connectivity index (χ2n) is 4.39. The Bertz CT molecular complexity index is 358. The number of esters is 1. The molecule has 8 heteroatoms. The van der Waals surface area contributed by atoms with Crippen LogP contribution in [0.1, 0.15) is 13.3 Å². The maximum Gasteiger partial charge on any atom is 0.307 e. The molecule has 0 spiro atoms. The molecular weight excluding hydrogens is 296 g/mol. The van der Waals surface area contributed by atoms with Crippen LogP contribution < -0.4 is 5.32 Å². The van der Waals surface area contributed by atoms with Crippen LogP contribution in [0.4, 0.5) is 0 Å². The zero-order chi connectivity index (χ0) is 15.5. The van der Waals surface area contributed by atoms with Crippen molar-refractivity contribution < 1.29 is 23.9 Å². The lowest BCUT2D eigenvalue weighted by Crippen LogP contribution is -2.41. The second-order valence-corrected chi connectivity index (χ2v) is 5.38. The van der Waals surface area contributed by atoms with E-state index in [1.54, 1.807) is 11.8 Å². The predicted molar refractivity (Wildman–Crippen MR) is 79.0 cm³/mol. The highest BCUT2D eigenvalue weighted by Crippen LogP contribution is 2.05. The second kappa shape index (κ2) is 10.4. The van der Waals surface area contributed by atoms with Gasteiger partial charge in [0, 0.05) is 19.6 Å². The van der Waals surface area contributed by atoms with E-state index in [1.165, 1.54) is 11.8 Å². The van der Waals surface area contributed by atoms with Gasteiger partial charge in [-0.2, -0.15) is 0 Å². The lowest BCUT2D eigenvalue weighted by molar-refractivity contribution is -0.143. The third-order valence-electron chi connectivity index (χ3n) is 2.78. The van der Waals surface area contributed by atoms with E-state index in [9.17, 15) is 14.4 Å². The fourth-order valence-corrected chi connectivity index (χ4v) is 2.47. The molecule has 1 saturated heterocycles. The van der Waals surface area contributed by atoms with Gasteiger partial charge in [0.25, 0.3) is 0 Å². The number of amides is 2. The van der Waals surface area contributed by atoms with Gasteiger partial charge in [0.15, 0.2) is 0 Å². The molecular formula is C13H22N2O5S. The standard InChI is InChI=1S/C13H22N2O5S/c1-2-20-13(18)3-4-14-11(16)9-21-10-12(17)15-5-7-19-8-6-15/h2-10H2,1H3,(H,14,16). The van der Waals surface area contributed by atoms with Crippen molar-refractivity contribution in [1.29, 1.82) is 0 Å². The van der Waals surface area contributed by atoms with Gasteiger partial charge >= 0.3 is 5.97 Å². The summed E-state index contributed by atoms with van der Waals surface area (Å²) in [4.78, 5) is 36.1. The predicted octanol–water partition coefficient (Wildman–Crippen LogP) is -0.352. The average Bonchev–Trinajstić information content (AvgIpc) is 2.48. The van der Waals surface area contributed by atoms with Crippen LogP contribution in [0.3, 0.4) is 0 Å². The molecule has 120 valence electrons. The van der Waals surface area contributed by atoms with Crippen molar-refractivity contribution >= 4 is 29.5 Å². The van der Waals surface area contributed by atoms with Crippen molar-refractivity contribution in [3.63, 3.8) is 0 Å². The fraction of sp³-hybridized carbons (Fsp3) is 0.769. The highest BCUT2D eigenvalue weighted by atomic mass is 32.2. The number of thioether (sulfide) groups is 1. The van der Waals surface area contributed by atoms with Gasteiger partial charge in [-0.15, -0.1) is 11.8 Å². The van der Waals surface area contributed by atoms with Gasteiger partial charge < -0.3 is 19.7 Å². The van der Waals surface area contributed by atoms with Gasteiger partial charge in [0.05, 0.1) is 37.7 Å². The zero-order valence-electron chi connectivity index (χ0n) is 12.3. The SMILES string of the molecule is CCOC(=O)CCNC(=O)CSCC(=O)N1CCOCC1. The average molecular weight is 318 g/mol. The van der Waals surface area contributed by atoms with E-state index in [0.29, 0.717) is 32.9 Å². The summed E-state index contributed by atoms with van der Waals surface area (Å²) in [5.74, 6) is 0.0131. The van der Waals surface area contributed by atoms with E-state index in [2.05, 4.69) is 5.32 Å². The molecule has 0 radical (unpaired) electrons. The molecule has 0 bridgehead atoms. The summed E-state index contributed by atoms with van der Waals surface area (Å²) in [5, 5.41) is 2.62. The molecule has 0 atom stereocenters. The highest BCUT2D eigenvalue weighted by molar-refractivity contribution is 8.00. The minimum absolute atomic E-state index is 0.0302. The first-order chi connectivity index (χ1) is 10.1. The molecule has 1 aliphatic heterocycles. The molecule has 21 heavy (non-hydrogen) atoms. The van der Waals surface area contributed by atoms with E-state index < -0.39 is 0 Å². The number of carbonyl (C=O) groups excluding carboxylic acids is 3. The molecule has 1 N–H and O–H groups in total. The number of hydrogen-bond acceptors (Lipinski definition) is 6. The molecule has 0 aliphatic carbocycles. The van der Waals surface area contributed by atoms with Crippen LogP contribution in [0, 0.1) is 0 Å². The van der Waals surface area contributed by atoms with Crippen LogP contribution >= 0.6 is 11.8 Å². The van der Waals surface area contributed by atoms with Gasteiger partial charge in [-0.3, -0.25) is 14.4 Å². The number of rotatable bonds is 8. The van der Waals surface area contributed by atoms with Gasteiger partial charge in [-0.05, 0) is 6.92 Å². The summed E-state index contributed by atoms with van der Waals surface area (Å²) in [5.41, 5.74) is 0. The Morgan fingerprint density at radius 1 is 1.24 bits per heavy atom. The summed E-state index contributed by atoms with van der Waals surface area (Å²) < 4.78 is 9.92. The fourth-order valence-electron chi connectivity index (χ4n) is 1.72. The molecule has 0 aromatic heterocycles. The maximum absolute atomic E-state index is 11.8. The third kappa shape index (κ3) is 7.91. The van der Waals surface area contributed by atoms with Crippen molar-refractivity contribution in [3.8, 4) is 0 Å². The molecule has 7 nitrogen and oxygen atoms in total. The van der Waals surface area contributed by atoms with Crippen molar-refractivity contribution in [3.05, 3.63) is 0 Å². The Morgan fingerprint density at radius 2 is 1.95 bits per heavy atom. The van der Waals surface area contributed by atoms with Crippen molar-refractivity contribution in [2.24, 2.45) is 0 Å². The summed E-state index contributed by atoms with van der Waals surface area (Å²) in [6.45, 7) is 4.71. The van der Waals surface area contributed by atoms with E-state index in [4.69, 9.17) is 9.47 Å². The van der Waals surface area contributed by atoms with Crippen LogP contribution in [0.2, 0.25) is 0 Å². The first-order valence-electron chi connectivity index (χ1n) is 6.99. The summed E-state index contributed by atoms with van der Waals surface area (Å²) >= 11 is 1.27. The molecule has 0 aromatic rings. The zero-order valence-corrected chi connectivity index (χ0v) is 13.1. The Balaban J connectivity index is 2.04. The normalized spacial score (nSPS) is 14.6. The molecule has 1 fully saturated rings. The highest BCUT2D eigenvalue weighted by Gasteiger charge is 2.16. The summed E-state index contributed by atoms with van der Waals surface area (Å²) in [7, 11) is 0. The number of nitrogens with one attached hydrogen (secondary N) is 1. The maximum atomic E-state index is 11.8. The quantitative estimate of drug-likeness (QED) is 0.616. The van der Waals surface area contributed by atoms with Crippen LogP contribution in [0.15, 0.2) is 0 Å². The Hall–Kier alpha value is -1.28. The lowest BCUT2D eigenvalue weighted by atomic mass is 10.4. The summed E-state index contributed by atoms with van der Waals surface area (Å²) in [6.07, 6.45) is 0.164. The molecule has 2 amide bonds. The Kier molecular flexibility index (Phi) is 8.84. The number of ether oxygens (including phenoxy) is 2. The van der Waals surface area contributed by atoms with Crippen molar-refractivity contribution in [1.82, 2.24) is 10.2 Å². The number of nitrogens with zero attached hydrogens (tertiary/aromatic N) is 1. The van der Waals surface area contributed by atoms with Crippen molar-refractivity contribution in [2.75, 3.05) is 51.0 Å². The van der Waals surface area contributed by atoms with Crippen LogP contribution in [-0.4, -0.2) is 73.6 Å². The number of hydrogen-bond donors (Lipinski definition) is 1. The summed E-state index contributed by atoms with van der Waals surface area (Å²) in [6, 6.07) is 0. The first-order valence-corrected chi connectivity index (χ1v) is 8.14. The van der Waals surface area contributed by atoms with Crippen LogP contribution in [-0.2, 0) is 23.9 Å². The minimum Gasteiger partial charge on any atom is -0.466 e. The van der Waals surface area contributed by atoms with E-state index in [0.717, 1.165) is 0 Å². The minimum atomic E-state index is -0.326. The molecule has 0 unspecified atom stereocenters. The Labute approximate surface area is 128 Å². The molecule has 1 rings (SSSR count). The molecule has 0 saturated carbocycles. The van der Waals surface area contributed by atoms with Crippen LogP contribution in [0.25, 0.3) is 0 Å². The largest absolute Gasteiger partial charge is 0.466 e. The van der Waals surface area contributed by atoms with E-state index in [1.807, 2.05) is 0 Å². The molecule has 1 aliphatic rings. The molecule has 0 aromatic carbocycles. The topological polar surface area (TPSA) is 84.9 Å². The molecule has 1 heterocycles. The van der Waals surface area contributed by atoms with Gasteiger partial charge in [0.1, 0.15) is 0 Å². The monoisotopic (exact) mass is 318 g/mol. The van der Waals surface area contributed by atoms with E-state index >= 15 is 0 Å². The van der Waals surface area contributed by atoms with Crippen molar-refractivity contribution in [2.45, 2.75) is 13.3 Å². The van der Waals surface area contributed by atoms with Gasteiger partial charge in [0.2, 0.25) is 11.8 Å². The lowest BCUT2D eigenvalue weighted by Gasteiger charge is -2.26. The third-order valence-corrected chi connectivity index (χ3v) is 3.70. The Morgan fingerprint density at radius 3 is 2.62 bits per heavy atom. The van der Waals surface area contributed by atoms with Crippen LogP contribution in [0.5, 0.6) is 0 Å². The van der Waals surface area contributed by atoms with Gasteiger partial charge in [-0.25, -0.2) is 0 Å². The number of carbonyl (C=O) groups is 3. The van der Waals surface area contributed by atoms with E-state index in [-0.39, 0.29) is 42.3 Å². The smallest absolute Gasteiger partial charge is 0.307 e. The first kappa shape index (κ1) is 17.8. The van der Waals surface area contributed by atoms with Gasteiger partial charge in [-0.1, -0.05) is 0 Å².